The lowest BCUT2D eigenvalue weighted by atomic mass is 10.1. The molecular weight excluding hydrogens is 437 g/mol. The number of anilines is 1. The van der Waals surface area contributed by atoms with Crippen molar-refractivity contribution in [3.63, 3.8) is 0 Å². The Kier molecular flexibility index (Phi) is 5.74. The van der Waals surface area contributed by atoms with Gasteiger partial charge in [0, 0.05) is 47.8 Å². The quantitative estimate of drug-likeness (QED) is 0.471. The Labute approximate surface area is 186 Å². The highest BCUT2D eigenvalue weighted by molar-refractivity contribution is 6.30. The second-order valence-electron chi connectivity index (χ2n) is 6.95. The van der Waals surface area contributed by atoms with Crippen molar-refractivity contribution in [2.75, 3.05) is 11.9 Å². The highest BCUT2D eigenvalue weighted by atomic mass is 35.5. The number of nitrogens with zero attached hydrogens (tertiary/aromatic N) is 4. The molecule has 0 unspecified atom stereocenters. The molecule has 10 heteroatoms. The van der Waals surface area contributed by atoms with Gasteiger partial charge in [0.15, 0.2) is 0 Å². The van der Waals surface area contributed by atoms with Crippen LogP contribution in [0.1, 0.15) is 16.1 Å². The van der Waals surface area contributed by atoms with Crippen molar-refractivity contribution in [3.8, 4) is 11.3 Å². The number of fused-ring (bicyclic) bond motifs is 1. The molecule has 162 valence electrons. The molecule has 0 saturated heterocycles. The summed E-state index contributed by atoms with van der Waals surface area (Å²) in [6, 6.07) is 12.4. The van der Waals surface area contributed by atoms with E-state index in [1.54, 1.807) is 37.5 Å². The molecule has 2 aromatic heterocycles. The first-order valence-corrected chi connectivity index (χ1v) is 9.84. The number of nitrogens with one attached hydrogen (secondary N) is 1. The molecule has 2 N–H and O–H groups in total. The summed E-state index contributed by atoms with van der Waals surface area (Å²) in [6.45, 7) is 0.00297. The number of benzene rings is 2. The SMILES string of the molecule is CN(C(=O)c1c(-c2ccc(F)cc2)nc2ncc(CNC(=O)O)cn12)c1ccc(Cl)cc1. The van der Waals surface area contributed by atoms with E-state index >= 15 is 0 Å². The van der Waals surface area contributed by atoms with Crippen LogP contribution in [0, 0.1) is 5.82 Å². The summed E-state index contributed by atoms with van der Waals surface area (Å²) < 4.78 is 15.0. The maximum atomic E-state index is 13.6. The van der Waals surface area contributed by atoms with Crippen molar-refractivity contribution >= 4 is 35.1 Å². The molecule has 4 rings (SSSR count). The summed E-state index contributed by atoms with van der Waals surface area (Å²) >= 11 is 5.96. The van der Waals surface area contributed by atoms with E-state index in [4.69, 9.17) is 16.7 Å². The van der Waals surface area contributed by atoms with Gasteiger partial charge in [-0.25, -0.2) is 19.2 Å². The van der Waals surface area contributed by atoms with Crippen molar-refractivity contribution in [1.29, 1.82) is 0 Å². The monoisotopic (exact) mass is 453 g/mol. The van der Waals surface area contributed by atoms with Crippen molar-refractivity contribution < 1.29 is 19.1 Å². The van der Waals surface area contributed by atoms with Gasteiger partial charge in [-0.2, -0.15) is 0 Å². The van der Waals surface area contributed by atoms with Gasteiger partial charge in [-0.1, -0.05) is 11.6 Å². The van der Waals surface area contributed by atoms with Crippen LogP contribution in [0.25, 0.3) is 17.0 Å². The molecule has 0 fully saturated rings. The summed E-state index contributed by atoms with van der Waals surface area (Å²) in [5.41, 5.74) is 2.21. The van der Waals surface area contributed by atoms with Crippen LogP contribution < -0.4 is 10.2 Å². The van der Waals surface area contributed by atoms with E-state index in [1.165, 1.54) is 39.8 Å². The van der Waals surface area contributed by atoms with E-state index in [1.807, 2.05) is 0 Å². The van der Waals surface area contributed by atoms with Gasteiger partial charge in [0.05, 0.1) is 0 Å². The summed E-state index contributed by atoms with van der Waals surface area (Å²) in [7, 11) is 1.61. The second kappa shape index (κ2) is 8.64. The fraction of sp³-hybridized carbons (Fsp3) is 0.0909. The van der Waals surface area contributed by atoms with Crippen LogP contribution in [0.4, 0.5) is 14.9 Å². The van der Waals surface area contributed by atoms with E-state index in [0.717, 1.165) is 0 Å². The van der Waals surface area contributed by atoms with Crippen molar-refractivity contribution in [2.24, 2.45) is 0 Å². The molecule has 4 aromatic rings. The molecule has 2 amide bonds. The molecule has 32 heavy (non-hydrogen) atoms. The predicted molar refractivity (Wildman–Crippen MR) is 117 cm³/mol. The molecule has 0 spiro atoms. The van der Waals surface area contributed by atoms with Gasteiger partial charge < -0.3 is 15.3 Å². The Morgan fingerprint density at radius 2 is 1.84 bits per heavy atom. The normalized spacial score (nSPS) is 10.8. The molecule has 2 heterocycles. The molecule has 2 aromatic carbocycles. The van der Waals surface area contributed by atoms with Gasteiger partial charge in [0.25, 0.3) is 5.91 Å². The Bertz CT molecular complexity index is 1310. The zero-order chi connectivity index (χ0) is 22.8. The molecule has 0 radical (unpaired) electrons. The minimum atomic E-state index is -1.18. The van der Waals surface area contributed by atoms with Crippen molar-refractivity contribution in [3.05, 3.63) is 83.0 Å². The van der Waals surface area contributed by atoms with Crippen LogP contribution >= 0.6 is 11.6 Å². The average molecular weight is 454 g/mol. The van der Waals surface area contributed by atoms with Gasteiger partial charge in [-0.3, -0.25) is 9.20 Å². The van der Waals surface area contributed by atoms with Crippen molar-refractivity contribution in [1.82, 2.24) is 19.7 Å². The Balaban J connectivity index is 1.85. The Morgan fingerprint density at radius 1 is 1.16 bits per heavy atom. The highest BCUT2D eigenvalue weighted by Gasteiger charge is 2.25. The minimum absolute atomic E-state index is 0.00297. The molecule has 0 aliphatic rings. The van der Waals surface area contributed by atoms with Crippen LogP contribution in [0.2, 0.25) is 5.02 Å². The highest BCUT2D eigenvalue weighted by Crippen LogP contribution is 2.27. The summed E-state index contributed by atoms with van der Waals surface area (Å²) in [4.78, 5) is 34.6. The number of carbonyl (C=O) groups excluding carboxylic acids is 1. The van der Waals surface area contributed by atoms with E-state index in [0.29, 0.717) is 27.5 Å². The smallest absolute Gasteiger partial charge is 0.404 e. The first-order chi connectivity index (χ1) is 15.3. The first-order valence-electron chi connectivity index (χ1n) is 9.47. The molecule has 0 saturated carbocycles. The Hall–Kier alpha value is -3.98. The lowest BCUT2D eigenvalue weighted by molar-refractivity contribution is 0.0988. The Morgan fingerprint density at radius 3 is 2.50 bits per heavy atom. The number of rotatable bonds is 5. The van der Waals surface area contributed by atoms with Crippen LogP contribution in [-0.2, 0) is 6.54 Å². The van der Waals surface area contributed by atoms with Gasteiger partial charge in [0.1, 0.15) is 17.2 Å². The van der Waals surface area contributed by atoms with Crippen LogP contribution in [0.15, 0.2) is 60.9 Å². The number of carboxylic acid groups (broad SMARTS) is 1. The van der Waals surface area contributed by atoms with E-state index in [-0.39, 0.29) is 23.9 Å². The average Bonchev–Trinajstić information content (AvgIpc) is 3.16. The molecule has 0 atom stereocenters. The molecule has 0 bridgehead atoms. The fourth-order valence-corrected chi connectivity index (χ4v) is 3.32. The zero-order valence-electron chi connectivity index (χ0n) is 16.8. The largest absolute Gasteiger partial charge is 0.465 e. The predicted octanol–water partition coefficient (Wildman–Crippen LogP) is 4.23. The number of imidazole rings is 1. The third-order valence-electron chi connectivity index (χ3n) is 4.82. The summed E-state index contributed by atoms with van der Waals surface area (Å²) in [6.07, 6.45) is 1.90. The maximum absolute atomic E-state index is 13.6. The van der Waals surface area contributed by atoms with Gasteiger partial charge in [-0.15, -0.1) is 0 Å². The maximum Gasteiger partial charge on any atom is 0.404 e. The third-order valence-corrected chi connectivity index (χ3v) is 5.07. The van der Waals surface area contributed by atoms with Crippen LogP contribution in [0.3, 0.4) is 0 Å². The number of carbonyl (C=O) groups is 2. The number of hydrogen-bond acceptors (Lipinski definition) is 4. The van der Waals surface area contributed by atoms with Crippen LogP contribution in [0.5, 0.6) is 0 Å². The number of amides is 2. The minimum Gasteiger partial charge on any atom is -0.465 e. The van der Waals surface area contributed by atoms with Crippen molar-refractivity contribution in [2.45, 2.75) is 6.54 Å². The lowest BCUT2D eigenvalue weighted by Crippen LogP contribution is -2.28. The molecule has 0 aliphatic carbocycles. The second-order valence-corrected chi connectivity index (χ2v) is 7.38. The van der Waals surface area contributed by atoms with E-state index in [9.17, 15) is 14.0 Å². The van der Waals surface area contributed by atoms with Gasteiger partial charge in [0.2, 0.25) is 5.78 Å². The van der Waals surface area contributed by atoms with E-state index < -0.39 is 11.9 Å². The number of hydrogen-bond donors (Lipinski definition) is 2. The lowest BCUT2D eigenvalue weighted by Gasteiger charge is -2.18. The number of aromatic nitrogens is 3. The van der Waals surface area contributed by atoms with Gasteiger partial charge in [-0.05, 0) is 48.5 Å². The third kappa shape index (κ3) is 4.23. The summed E-state index contributed by atoms with van der Waals surface area (Å²) in [5.74, 6) is -0.552. The summed E-state index contributed by atoms with van der Waals surface area (Å²) in [5, 5.41) is 11.7. The standard InChI is InChI=1S/C22H17ClFN5O3/c1-28(17-8-4-15(23)5-9-17)20(30)19-18(14-2-6-16(24)7-3-14)27-21-25-10-13(12-29(19)21)11-26-22(31)32/h2-10,12,26H,11H2,1H3,(H,31,32). The van der Waals surface area contributed by atoms with Crippen LogP contribution in [-0.4, -0.2) is 38.5 Å². The molecule has 8 nitrogen and oxygen atoms in total. The fourth-order valence-electron chi connectivity index (χ4n) is 3.20. The first kappa shape index (κ1) is 21.3. The topological polar surface area (TPSA) is 99.8 Å². The molecular formula is C22H17ClFN5O3. The number of halogens is 2. The zero-order valence-corrected chi connectivity index (χ0v) is 17.5. The molecule has 0 aliphatic heterocycles. The van der Waals surface area contributed by atoms with Gasteiger partial charge >= 0.3 is 6.09 Å². The van der Waals surface area contributed by atoms with E-state index in [2.05, 4.69) is 15.3 Å².